The second-order valence-electron chi connectivity index (χ2n) is 3.82. The van der Waals surface area contributed by atoms with Crippen LogP contribution in [0.5, 0.6) is 0 Å². The lowest BCUT2D eigenvalue weighted by molar-refractivity contribution is 0.0697. The van der Waals surface area contributed by atoms with E-state index in [-0.39, 0.29) is 11.6 Å². The van der Waals surface area contributed by atoms with Crippen molar-refractivity contribution in [3.05, 3.63) is 29.6 Å². The number of hydrogen-bond acceptors (Lipinski definition) is 3. The van der Waals surface area contributed by atoms with Crippen LogP contribution < -0.4 is 5.32 Å². The first kappa shape index (κ1) is 13.8. The molecule has 0 amide bonds. The number of benzene rings is 1. The summed E-state index contributed by atoms with van der Waals surface area (Å²) >= 11 is 1.74. The number of carboxylic acids is 1. The van der Waals surface area contributed by atoms with Crippen molar-refractivity contribution >= 4 is 23.4 Å². The predicted octanol–water partition coefficient (Wildman–Crippen LogP) is 3.08. The summed E-state index contributed by atoms with van der Waals surface area (Å²) in [5.74, 6) is -0.661. The van der Waals surface area contributed by atoms with Crippen molar-refractivity contribution in [3.63, 3.8) is 0 Å². The predicted molar refractivity (Wildman–Crippen MR) is 69.4 cm³/mol. The first-order chi connectivity index (χ1) is 8.04. The maximum absolute atomic E-state index is 13.0. The van der Waals surface area contributed by atoms with Gasteiger partial charge in [0.1, 0.15) is 5.82 Å². The number of halogens is 1. The van der Waals surface area contributed by atoms with Gasteiger partial charge in [0.15, 0.2) is 0 Å². The molecular formula is C12H16FNO2S. The molecule has 1 atom stereocenters. The molecule has 1 rings (SSSR count). The van der Waals surface area contributed by atoms with Crippen LogP contribution in [0.15, 0.2) is 18.2 Å². The highest BCUT2D eigenvalue weighted by molar-refractivity contribution is 7.98. The van der Waals surface area contributed by atoms with Crippen molar-refractivity contribution in [1.29, 1.82) is 0 Å². The van der Waals surface area contributed by atoms with Gasteiger partial charge in [0.2, 0.25) is 0 Å². The highest BCUT2D eigenvalue weighted by atomic mass is 32.2. The Morgan fingerprint density at radius 1 is 1.59 bits per heavy atom. The zero-order valence-corrected chi connectivity index (χ0v) is 10.7. The number of hydrogen-bond donors (Lipinski definition) is 2. The molecule has 0 saturated heterocycles. The Morgan fingerprint density at radius 2 is 2.29 bits per heavy atom. The Bertz CT molecular complexity index is 398. The average Bonchev–Trinajstić information content (AvgIpc) is 2.28. The highest BCUT2D eigenvalue weighted by Gasteiger charge is 2.12. The maximum atomic E-state index is 13.0. The Morgan fingerprint density at radius 3 is 2.88 bits per heavy atom. The molecule has 1 aromatic carbocycles. The normalized spacial score (nSPS) is 12.2. The molecule has 1 aromatic rings. The topological polar surface area (TPSA) is 49.3 Å². The number of aromatic carboxylic acids is 1. The Hall–Kier alpha value is -1.23. The number of nitrogens with one attached hydrogen (secondary N) is 1. The van der Waals surface area contributed by atoms with Gasteiger partial charge in [-0.1, -0.05) is 0 Å². The molecule has 0 spiro atoms. The van der Waals surface area contributed by atoms with Crippen molar-refractivity contribution in [2.75, 3.05) is 17.3 Å². The van der Waals surface area contributed by atoms with E-state index in [0.717, 1.165) is 18.2 Å². The van der Waals surface area contributed by atoms with Crippen LogP contribution in [-0.2, 0) is 0 Å². The third-order valence-electron chi connectivity index (χ3n) is 2.37. The molecule has 0 aliphatic carbocycles. The van der Waals surface area contributed by atoms with Crippen molar-refractivity contribution in [1.82, 2.24) is 0 Å². The van der Waals surface area contributed by atoms with E-state index in [9.17, 15) is 9.18 Å². The first-order valence-corrected chi connectivity index (χ1v) is 6.72. The Balaban J connectivity index is 2.79. The van der Waals surface area contributed by atoms with E-state index in [4.69, 9.17) is 5.11 Å². The number of carboxylic acid groups (broad SMARTS) is 1. The van der Waals surface area contributed by atoms with Crippen LogP contribution in [0.2, 0.25) is 0 Å². The van der Waals surface area contributed by atoms with Crippen LogP contribution in [0.1, 0.15) is 23.7 Å². The summed E-state index contributed by atoms with van der Waals surface area (Å²) in [6.45, 7) is 1.98. The summed E-state index contributed by atoms with van der Waals surface area (Å²) < 4.78 is 13.0. The lowest BCUT2D eigenvalue weighted by Crippen LogP contribution is -2.18. The fraction of sp³-hybridized carbons (Fsp3) is 0.417. The Kier molecular flexibility index (Phi) is 5.28. The molecule has 0 heterocycles. The fourth-order valence-corrected chi connectivity index (χ4v) is 2.04. The van der Waals surface area contributed by atoms with E-state index in [0.29, 0.717) is 5.69 Å². The second kappa shape index (κ2) is 6.49. The average molecular weight is 257 g/mol. The van der Waals surface area contributed by atoms with Gasteiger partial charge >= 0.3 is 5.97 Å². The SMILES string of the molecule is CSCCC(C)Nc1ccc(F)cc1C(=O)O. The molecule has 17 heavy (non-hydrogen) atoms. The van der Waals surface area contributed by atoms with Gasteiger partial charge in [-0.2, -0.15) is 11.8 Å². The van der Waals surface area contributed by atoms with E-state index in [1.165, 1.54) is 12.1 Å². The summed E-state index contributed by atoms with van der Waals surface area (Å²) in [7, 11) is 0. The molecule has 94 valence electrons. The maximum Gasteiger partial charge on any atom is 0.337 e. The fourth-order valence-electron chi connectivity index (χ4n) is 1.45. The van der Waals surface area contributed by atoms with E-state index in [1.54, 1.807) is 11.8 Å². The molecule has 0 aliphatic rings. The lowest BCUT2D eigenvalue weighted by Gasteiger charge is -2.16. The molecule has 2 N–H and O–H groups in total. The van der Waals surface area contributed by atoms with Crippen LogP contribution in [0, 0.1) is 5.82 Å². The van der Waals surface area contributed by atoms with Crippen LogP contribution in [0.4, 0.5) is 10.1 Å². The quantitative estimate of drug-likeness (QED) is 0.822. The molecule has 0 saturated carbocycles. The molecule has 5 heteroatoms. The number of thioether (sulfide) groups is 1. The van der Waals surface area contributed by atoms with E-state index >= 15 is 0 Å². The minimum Gasteiger partial charge on any atom is -0.478 e. The summed E-state index contributed by atoms with van der Waals surface area (Å²) in [5.41, 5.74) is 0.438. The molecule has 0 radical (unpaired) electrons. The Labute approximate surface area is 104 Å². The third-order valence-corrected chi connectivity index (χ3v) is 3.01. The van der Waals surface area contributed by atoms with Crippen LogP contribution in [-0.4, -0.2) is 29.1 Å². The standard InChI is InChI=1S/C12H16FNO2S/c1-8(5-6-17-2)14-11-4-3-9(13)7-10(11)12(15)16/h3-4,7-8,14H,5-6H2,1-2H3,(H,15,16). The number of anilines is 1. The van der Waals surface area contributed by atoms with Crippen molar-refractivity contribution in [2.45, 2.75) is 19.4 Å². The van der Waals surface area contributed by atoms with Crippen LogP contribution >= 0.6 is 11.8 Å². The van der Waals surface area contributed by atoms with Gasteiger partial charge in [0.25, 0.3) is 0 Å². The van der Waals surface area contributed by atoms with Gasteiger partial charge < -0.3 is 10.4 Å². The van der Waals surface area contributed by atoms with Crippen molar-refractivity contribution in [2.24, 2.45) is 0 Å². The summed E-state index contributed by atoms with van der Waals surface area (Å²) in [6.07, 6.45) is 2.95. The zero-order valence-electron chi connectivity index (χ0n) is 9.87. The largest absolute Gasteiger partial charge is 0.478 e. The summed E-state index contributed by atoms with van der Waals surface area (Å²) in [5, 5.41) is 12.1. The van der Waals surface area contributed by atoms with Gasteiger partial charge in [-0.3, -0.25) is 0 Å². The first-order valence-electron chi connectivity index (χ1n) is 5.33. The van der Waals surface area contributed by atoms with Gasteiger partial charge in [-0.15, -0.1) is 0 Å². The summed E-state index contributed by atoms with van der Waals surface area (Å²) in [6, 6.07) is 3.92. The molecule has 0 aromatic heterocycles. The van der Waals surface area contributed by atoms with Crippen LogP contribution in [0.25, 0.3) is 0 Å². The summed E-state index contributed by atoms with van der Waals surface area (Å²) in [4.78, 5) is 11.0. The van der Waals surface area contributed by atoms with Crippen molar-refractivity contribution in [3.8, 4) is 0 Å². The lowest BCUT2D eigenvalue weighted by atomic mass is 10.1. The smallest absolute Gasteiger partial charge is 0.337 e. The van der Waals surface area contributed by atoms with Crippen molar-refractivity contribution < 1.29 is 14.3 Å². The minimum atomic E-state index is -1.12. The molecule has 0 aliphatic heterocycles. The minimum absolute atomic E-state index is 0.0269. The molecule has 0 fully saturated rings. The molecule has 0 bridgehead atoms. The second-order valence-corrected chi connectivity index (χ2v) is 4.81. The highest BCUT2D eigenvalue weighted by Crippen LogP contribution is 2.19. The van der Waals surface area contributed by atoms with Gasteiger partial charge in [-0.25, -0.2) is 9.18 Å². The van der Waals surface area contributed by atoms with Crippen LogP contribution in [0.3, 0.4) is 0 Å². The monoisotopic (exact) mass is 257 g/mol. The molecular weight excluding hydrogens is 241 g/mol. The molecule has 3 nitrogen and oxygen atoms in total. The number of carbonyl (C=O) groups is 1. The third kappa shape index (κ3) is 4.26. The molecule has 1 unspecified atom stereocenters. The van der Waals surface area contributed by atoms with Gasteiger partial charge in [0.05, 0.1) is 5.56 Å². The van der Waals surface area contributed by atoms with Gasteiger partial charge in [0, 0.05) is 11.7 Å². The number of rotatable bonds is 6. The van der Waals surface area contributed by atoms with E-state index in [1.807, 2.05) is 13.2 Å². The van der Waals surface area contributed by atoms with E-state index < -0.39 is 11.8 Å². The zero-order chi connectivity index (χ0) is 12.8. The van der Waals surface area contributed by atoms with E-state index in [2.05, 4.69) is 5.32 Å². The van der Waals surface area contributed by atoms with Gasteiger partial charge in [-0.05, 0) is 43.6 Å².